The molecule has 3 N–H and O–H groups in total. The Hall–Kier alpha value is -3.76. The van der Waals surface area contributed by atoms with Gasteiger partial charge in [-0.05, 0) is 71.2 Å². The lowest BCUT2D eigenvalue weighted by atomic mass is 9.79. The smallest absolute Gasteiger partial charge is 0.308 e. The molecule has 1 aromatic carbocycles. The fraction of sp³-hybridized carbons (Fsp3) is 0.680. The van der Waals surface area contributed by atoms with Crippen molar-refractivity contribution in [2.24, 2.45) is 28.8 Å². The number of methoxy groups -OCH3 is 2. The number of aliphatic hydroxyl groups is 3. The summed E-state index contributed by atoms with van der Waals surface area (Å²) in [5.41, 5.74) is 1.88. The van der Waals surface area contributed by atoms with Gasteiger partial charge in [-0.1, -0.05) is 61.0 Å². The van der Waals surface area contributed by atoms with Gasteiger partial charge in [0.05, 0.1) is 75.1 Å². The van der Waals surface area contributed by atoms with Gasteiger partial charge in [-0.2, -0.15) is 0 Å². The Morgan fingerprint density at radius 1 is 0.882 bits per heavy atom. The lowest BCUT2D eigenvalue weighted by Gasteiger charge is -2.47. The van der Waals surface area contributed by atoms with Crippen LogP contribution in [0.1, 0.15) is 59.6 Å². The number of allylic oxidation sites excluding steroid dienone is 3. The van der Waals surface area contributed by atoms with E-state index in [1.165, 1.54) is 14.2 Å². The van der Waals surface area contributed by atoms with Crippen LogP contribution in [0, 0.1) is 23.7 Å². The van der Waals surface area contributed by atoms with Gasteiger partial charge in [0.2, 0.25) is 0 Å². The molecule has 2 aromatic rings. The zero-order chi connectivity index (χ0) is 49.1. The molecular weight excluding hydrogens is 883 g/mol. The number of fused-ring (bicyclic) bond motifs is 4. The third kappa shape index (κ3) is 13.8. The van der Waals surface area contributed by atoms with Crippen molar-refractivity contribution in [2.45, 2.75) is 134 Å². The molecule has 0 spiro atoms. The van der Waals surface area contributed by atoms with Crippen molar-refractivity contribution in [1.29, 1.82) is 0 Å². The highest BCUT2D eigenvalue weighted by Crippen LogP contribution is 2.36. The number of ether oxygens (including phenoxy) is 9. The van der Waals surface area contributed by atoms with Crippen molar-refractivity contribution in [1.82, 2.24) is 9.88 Å². The molecule has 3 fully saturated rings. The summed E-state index contributed by atoms with van der Waals surface area (Å²) >= 11 is 0. The SMILES string of the molecule is CO[C@@H]1[C@H](O)[C@@H](C)O[C@@H](OC[C@H]2/C=C(C)/C=C/C(=O)[C@H](C)CC3CCOC/C(=N\OCc4nccc5ccccc45)CO[C@H](CC(=O)OC2)[C@H](C)[C@H]3O[C@@H]2O[C@H](C)[C@@H](O)[C@H](N(C)C)[C@H]2O)[C@@H]1OC. The minimum atomic E-state index is -1.25. The lowest BCUT2D eigenvalue weighted by Crippen LogP contribution is -2.63. The number of benzene rings is 1. The van der Waals surface area contributed by atoms with Crippen LogP contribution in [0.25, 0.3) is 10.8 Å². The number of likely N-dealkylation sites (N-methyl/N-ethyl adjacent to an activating group) is 1. The van der Waals surface area contributed by atoms with Crippen LogP contribution in [0.5, 0.6) is 0 Å². The Bertz CT molecular complexity index is 2030. The van der Waals surface area contributed by atoms with Gasteiger partial charge in [-0.3, -0.25) is 14.6 Å². The maximum Gasteiger partial charge on any atom is 0.308 e. The van der Waals surface area contributed by atoms with E-state index >= 15 is 0 Å². The van der Waals surface area contributed by atoms with Gasteiger partial charge in [-0.15, -0.1) is 0 Å². The van der Waals surface area contributed by atoms with Gasteiger partial charge in [0.15, 0.2) is 25.0 Å². The van der Waals surface area contributed by atoms with E-state index in [1.807, 2.05) is 57.2 Å². The van der Waals surface area contributed by atoms with E-state index in [9.17, 15) is 24.9 Å². The molecule has 68 heavy (non-hydrogen) atoms. The second-order valence-electron chi connectivity index (χ2n) is 18.8. The minimum Gasteiger partial charge on any atom is -0.465 e. The van der Waals surface area contributed by atoms with Crippen LogP contribution in [0.2, 0.25) is 0 Å². The molecule has 3 saturated heterocycles. The molecule has 378 valence electrons. The average molecular weight is 956 g/mol. The number of ketones is 1. The van der Waals surface area contributed by atoms with Crippen LogP contribution in [-0.2, 0) is 63.7 Å². The fourth-order valence-electron chi connectivity index (χ4n) is 9.58. The topological polar surface area (TPSA) is 216 Å². The minimum absolute atomic E-state index is 0.0272. The van der Waals surface area contributed by atoms with E-state index in [2.05, 4.69) is 10.1 Å². The number of carbonyl (C=O) groups excluding carboxylic acids is 2. The molecule has 5 heterocycles. The summed E-state index contributed by atoms with van der Waals surface area (Å²) in [7, 11) is 6.50. The highest BCUT2D eigenvalue weighted by molar-refractivity contribution is 5.91. The van der Waals surface area contributed by atoms with Crippen LogP contribution in [-0.4, -0.2) is 178 Å². The predicted molar refractivity (Wildman–Crippen MR) is 249 cm³/mol. The van der Waals surface area contributed by atoms with Crippen molar-refractivity contribution >= 4 is 28.2 Å². The first-order valence-electron chi connectivity index (χ1n) is 23.7. The number of hydrogen-bond donors (Lipinski definition) is 3. The largest absolute Gasteiger partial charge is 0.465 e. The standard InChI is InChI=1S/C50H73N3O15/c1-28-14-15-39(54)29(2)21-35-17-19-61-25-36(52-65-27-38-37-13-11-10-12-34(37)16-18-51-38)26-62-40(30(3)46(35)68-49-45(58)42(53(6)7)43(56)31(4)66-49)22-41(55)63-23-33(20-28)24-64-50-48(60-9)47(59-8)44(57)32(5)67-50/h10-16,18,20,29-33,35,40,42-50,56-58H,17,19,21-27H2,1-9H3/b15-14+,28-20+,52-36+/t29-,30+,31-,32-,33+,35?,40-,42+,43-,44-,45-,46-,47-,48-,49+,50-/m1/s1. The molecule has 1 unspecified atom stereocenters. The molecule has 16 atom stereocenters. The first kappa shape index (κ1) is 53.6. The van der Waals surface area contributed by atoms with Crippen molar-refractivity contribution in [3.8, 4) is 0 Å². The zero-order valence-corrected chi connectivity index (χ0v) is 40.9. The summed E-state index contributed by atoms with van der Waals surface area (Å²) in [5.74, 6) is -2.59. The molecular formula is C50H73N3O15. The highest BCUT2D eigenvalue weighted by Gasteiger charge is 2.48. The summed E-state index contributed by atoms with van der Waals surface area (Å²) in [4.78, 5) is 40.2. The summed E-state index contributed by atoms with van der Waals surface area (Å²) in [6, 6.07) is 9.09. The maximum absolute atomic E-state index is 14.1. The van der Waals surface area contributed by atoms with Gasteiger partial charge < -0.3 is 67.7 Å². The number of hydrogen-bond acceptors (Lipinski definition) is 18. The first-order valence-corrected chi connectivity index (χ1v) is 23.7. The molecule has 2 bridgehead atoms. The quantitative estimate of drug-likeness (QED) is 0.216. The van der Waals surface area contributed by atoms with Gasteiger partial charge in [0, 0.05) is 50.2 Å². The van der Waals surface area contributed by atoms with Crippen LogP contribution >= 0.6 is 0 Å². The monoisotopic (exact) mass is 956 g/mol. The molecule has 0 aliphatic carbocycles. The summed E-state index contributed by atoms with van der Waals surface area (Å²) < 4.78 is 55.4. The van der Waals surface area contributed by atoms with Crippen molar-refractivity contribution in [2.75, 3.05) is 61.3 Å². The number of oxime groups is 1. The Labute approximate surface area is 399 Å². The van der Waals surface area contributed by atoms with Crippen LogP contribution in [0.15, 0.2) is 65.5 Å². The lowest BCUT2D eigenvalue weighted by molar-refractivity contribution is -0.305. The molecule has 0 saturated carbocycles. The molecule has 6 rings (SSSR count). The Morgan fingerprint density at radius 2 is 1.62 bits per heavy atom. The van der Waals surface area contributed by atoms with E-state index in [0.29, 0.717) is 24.2 Å². The summed E-state index contributed by atoms with van der Waals surface area (Å²) in [6.45, 7) is 9.31. The molecule has 4 aliphatic heterocycles. The second-order valence-corrected chi connectivity index (χ2v) is 18.8. The number of pyridine rings is 1. The Morgan fingerprint density at radius 3 is 2.37 bits per heavy atom. The molecule has 1 aromatic heterocycles. The van der Waals surface area contributed by atoms with E-state index in [0.717, 1.165) is 16.3 Å². The number of carbonyl (C=O) groups is 2. The normalized spacial score (nSPS) is 38.1. The molecule has 0 amide bonds. The van der Waals surface area contributed by atoms with Gasteiger partial charge in [-0.25, -0.2) is 0 Å². The van der Waals surface area contributed by atoms with E-state index in [4.69, 9.17) is 47.5 Å². The predicted octanol–water partition coefficient (Wildman–Crippen LogP) is 3.76. The maximum atomic E-state index is 14.1. The zero-order valence-electron chi connectivity index (χ0n) is 40.9. The highest BCUT2D eigenvalue weighted by atomic mass is 16.7. The second kappa shape index (κ2) is 25.4. The number of aliphatic hydroxyl groups excluding tert-OH is 3. The van der Waals surface area contributed by atoms with E-state index in [-0.39, 0.29) is 57.8 Å². The van der Waals surface area contributed by atoms with Crippen molar-refractivity contribution in [3.05, 3.63) is 66.0 Å². The Kier molecular flexibility index (Phi) is 20.0. The van der Waals surface area contributed by atoms with Crippen LogP contribution in [0.3, 0.4) is 0 Å². The van der Waals surface area contributed by atoms with Crippen LogP contribution < -0.4 is 0 Å². The molecule has 0 radical (unpaired) electrons. The third-order valence-electron chi connectivity index (χ3n) is 13.5. The number of nitrogens with zero attached hydrogens (tertiary/aromatic N) is 3. The number of aromatic nitrogens is 1. The molecule has 18 nitrogen and oxygen atoms in total. The molecule has 4 aliphatic rings. The van der Waals surface area contributed by atoms with Gasteiger partial charge in [0.25, 0.3) is 0 Å². The average Bonchev–Trinajstić information content (AvgIpc) is 3.33. The first-order chi connectivity index (χ1) is 32.6. The van der Waals surface area contributed by atoms with Crippen LogP contribution in [0.4, 0.5) is 0 Å². The van der Waals surface area contributed by atoms with E-state index in [1.54, 1.807) is 51.2 Å². The molecule has 18 heteroatoms. The number of esters is 1. The van der Waals surface area contributed by atoms with Crippen molar-refractivity contribution in [3.63, 3.8) is 0 Å². The fourth-order valence-corrected chi connectivity index (χ4v) is 9.58. The van der Waals surface area contributed by atoms with Crippen molar-refractivity contribution < 1.29 is 72.4 Å². The van der Waals surface area contributed by atoms with Gasteiger partial charge >= 0.3 is 5.97 Å². The number of cyclic esters (lactones) is 1. The summed E-state index contributed by atoms with van der Waals surface area (Å²) in [6.07, 6.45) is -2.21. The third-order valence-corrected chi connectivity index (χ3v) is 13.5. The number of rotatable bonds is 11. The Balaban J connectivity index is 1.30. The van der Waals surface area contributed by atoms with Gasteiger partial charge in [0.1, 0.15) is 30.1 Å². The van der Waals surface area contributed by atoms with E-state index < -0.39 is 97.3 Å². The summed E-state index contributed by atoms with van der Waals surface area (Å²) in [5, 5.41) is 39.9.